The van der Waals surface area contributed by atoms with E-state index < -0.39 is 0 Å². The van der Waals surface area contributed by atoms with Gasteiger partial charge >= 0.3 is 0 Å². The van der Waals surface area contributed by atoms with Gasteiger partial charge in [-0.2, -0.15) is 0 Å². The van der Waals surface area contributed by atoms with Crippen LogP contribution in [0.4, 0.5) is 0 Å². The van der Waals surface area contributed by atoms with Crippen LogP contribution in [0.3, 0.4) is 0 Å². The number of hydrogen-bond donors (Lipinski definition) is 0. The lowest BCUT2D eigenvalue weighted by atomic mass is 10.0. The van der Waals surface area contributed by atoms with Crippen LogP contribution >= 0.6 is 0 Å². The molecule has 0 saturated carbocycles. The van der Waals surface area contributed by atoms with Gasteiger partial charge in [-0.1, -0.05) is 30.3 Å². The van der Waals surface area contributed by atoms with Crippen molar-refractivity contribution in [1.29, 1.82) is 0 Å². The van der Waals surface area contributed by atoms with E-state index in [1.165, 1.54) is 0 Å². The lowest BCUT2D eigenvalue weighted by Crippen LogP contribution is -2.03. The molecule has 0 fully saturated rings. The van der Waals surface area contributed by atoms with Crippen molar-refractivity contribution in [3.63, 3.8) is 0 Å². The van der Waals surface area contributed by atoms with Crippen molar-refractivity contribution in [3.05, 3.63) is 65.5 Å². The summed E-state index contributed by atoms with van der Waals surface area (Å²) in [5.74, 6) is 0.0289. The SMILES string of the molecule is Cc1ccncc1C(=O)c1ccccc1. The first-order valence-corrected chi connectivity index (χ1v) is 4.79. The van der Waals surface area contributed by atoms with E-state index in [9.17, 15) is 4.79 Å². The van der Waals surface area contributed by atoms with Crippen LogP contribution in [0, 0.1) is 6.92 Å². The van der Waals surface area contributed by atoms with Crippen LogP contribution in [0.15, 0.2) is 48.8 Å². The standard InChI is InChI=1S/C13H11NO/c1-10-7-8-14-9-12(10)13(15)11-5-3-2-4-6-11/h2-9H,1H3. The second-order valence-corrected chi connectivity index (χ2v) is 3.39. The van der Waals surface area contributed by atoms with Crippen molar-refractivity contribution in [2.75, 3.05) is 0 Å². The van der Waals surface area contributed by atoms with E-state index in [4.69, 9.17) is 0 Å². The van der Waals surface area contributed by atoms with Crippen LogP contribution in [0.5, 0.6) is 0 Å². The fourth-order valence-corrected chi connectivity index (χ4v) is 1.45. The van der Waals surface area contributed by atoms with Gasteiger partial charge in [-0.15, -0.1) is 0 Å². The number of hydrogen-bond acceptors (Lipinski definition) is 2. The Labute approximate surface area is 88.6 Å². The fraction of sp³-hybridized carbons (Fsp3) is 0.0769. The van der Waals surface area contributed by atoms with E-state index >= 15 is 0 Å². The number of ketones is 1. The van der Waals surface area contributed by atoms with Gasteiger partial charge in [0.05, 0.1) is 0 Å². The molecule has 1 heterocycles. The van der Waals surface area contributed by atoms with Gasteiger partial charge in [0, 0.05) is 23.5 Å². The smallest absolute Gasteiger partial charge is 0.194 e. The summed E-state index contributed by atoms with van der Waals surface area (Å²) in [6, 6.07) is 11.1. The third-order valence-electron chi connectivity index (χ3n) is 2.32. The Morgan fingerprint density at radius 1 is 1.13 bits per heavy atom. The predicted molar refractivity (Wildman–Crippen MR) is 58.8 cm³/mol. The second kappa shape index (κ2) is 4.05. The summed E-state index contributed by atoms with van der Waals surface area (Å²) in [5.41, 5.74) is 2.33. The van der Waals surface area contributed by atoms with Gasteiger partial charge < -0.3 is 0 Å². The van der Waals surface area contributed by atoms with Crippen LogP contribution in [0.1, 0.15) is 21.5 Å². The molecular weight excluding hydrogens is 186 g/mol. The number of aryl methyl sites for hydroxylation is 1. The highest BCUT2D eigenvalue weighted by Crippen LogP contribution is 2.11. The minimum atomic E-state index is 0.0289. The zero-order valence-corrected chi connectivity index (χ0v) is 8.47. The highest BCUT2D eigenvalue weighted by Gasteiger charge is 2.10. The number of carbonyl (C=O) groups excluding carboxylic acids is 1. The molecule has 0 saturated heterocycles. The summed E-state index contributed by atoms with van der Waals surface area (Å²) in [7, 11) is 0. The number of benzene rings is 1. The van der Waals surface area contributed by atoms with E-state index in [0.717, 1.165) is 5.56 Å². The third-order valence-corrected chi connectivity index (χ3v) is 2.32. The molecule has 15 heavy (non-hydrogen) atoms. The molecule has 2 rings (SSSR count). The Balaban J connectivity index is 2.42. The van der Waals surface area contributed by atoms with Crippen LogP contribution in [0.2, 0.25) is 0 Å². The van der Waals surface area contributed by atoms with Gasteiger partial charge in [0.15, 0.2) is 5.78 Å². The van der Waals surface area contributed by atoms with Crippen molar-refractivity contribution in [2.24, 2.45) is 0 Å². The molecule has 0 N–H and O–H groups in total. The molecule has 0 unspecified atom stereocenters. The van der Waals surface area contributed by atoms with Gasteiger partial charge in [-0.05, 0) is 18.6 Å². The topological polar surface area (TPSA) is 30.0 Å². The first-order chi connectivity index (χ1) is 7.29. The Bertz CT molecular complexity index is 477. The Morgan fingerprint density at radius 3 is 2.53 bits per heavy atom. The number of aromatic nitrogens is 1. The monoisotopic (exact) mass is 197 g/mol. The quantitative estimate of drug-likeness (QED) is 0.693. The van der Waals surface area contributed by atoms with Crippen LogP contribution < -0.4 is 0 Å². The van der Waals surface area contributed by atoms with E-state index in [2.05, 4.69) is 4.98 Å². The van der Waals surface area contributed by atoms with Crippen LogP contribution in [0.25, 0.3) is 0 Å². The molecule has 1 aromatic carbocycles. The van der Waals surface area contributed by atoms with Crippen molar-refractivity contribution in [2.45, 2.75) is 6.92 Å². The lowest BCUT2D eigenvalue weighted by molar-refractivity contribution is 0.103. The zero-order chi connectivity index (χ0) is 10.7. The number of nitrogens with zero attached hydrogens (tertiary/aromatic N) is 1. The molecular formula is C13H11NO. The van der Waals surface area contributed by atoms with E-state index in [0.29, 0.717) is 11.1 Å². The molecule has 0 amide bonds. The Morgan fingerprint density at radius 2 is 1.87 bits per heavy atom. The minimum absolute atomic E-state index is 0.0289. The Hall–Kier alpha value is -1.96. The highest BCUT2D eigenvalue weighted by atomic mass is 16.1. The van der Waals surface area contributed by atoms with Gasteiger partial charge in [0.25, 0.3) is 0 Å². The summed E-state index contributed by atoms with van der Waals surface area (Å²) in [6.45, 7) is 1.91. The first-order valence-electron chi connectivity index (χ1n) is 4.79. The molecule has 0 aliphatic carbocycles. The summed E-state index contributed by atoms with van der Waals surface area (Å²) >= 11 is 0. The van der Waals surface area contributed by atoms with Crippen molar-refractivity contribution < 1.29 is 4.79 Å². The van der Waals surface area contributed by atoms with Gasteiger partial charge in [0.1, 0.15) is 0 Å². The average Bonchev–Trinajstić information content (AvgIpc) is 2.30. The fourth-order valence-electron chi connectivity index (χ4n) is 1.45. The first kappa shape index (κ1) is 9.59. The average molecular weight is 197 g/mol. The highest BCUT2D eigenvalue weighted by molar-refractivity contribution is 6.09. The zero-order valence-electron chi connectivity index (χ0n) is 8.47. The van der Waals surface area contributed by atoms with E-state index in [1.54, 1.807) is 12.4 Å². The molecule has 0 aliphatic rings. The molecule has 0 spiro atoms. The summed E-state index contributed by atoms with van der Waals surface area (Å²) in [4.78, 5) is 16.0. The molecule has 74 valence electrons. The van der Waals surface area contributed by atoms with Crippen LogP contribution in [-0.4, -0.2) is 10.8 Å². The van der Waals surface area contributed by atoms with Gasteiger partial charge in [0.2, 0.25) is 0 Å². The molecule has 0 aliphatic heterocycles. The van der Waals surface area contributed by atoms with Crippen LogP contribution in [-0.2, 0) is 0 Å². The molecule has 0 atom stereocenters. The number of pyridine rings is 1. The van der Waals surface area contributed by atoms with Gasteiger partial charge in [-0.25, -0.2) is 0 Å². The predicted octanol–water partition coefficient (Wildman–Crippen LogP) is 2.62. The lowest BCUT2D eigenvalue weighted by Gasteiger charge is -2.03. The summed E-state index contributed by atoms with van der Waals surface area (Å²) in [5, 5.41) is 0. The maximum absolute atomic E-state index is 12.0. The van der Waals surface area contributed by atoms with Gasteiger partial charge in [-0.3, -0.25) is 9.78 Å². The molecule has 0 radical (unpaired) electrons. The number of rotatable bonds is 2. The minimum Gasteiger partial charge on any atom is -0.289 e. The van der Waals surface area contributed by atoms with E-state index in [-0.39, 0.29) is 5.78 Å². The van der Waals surface area contributed by atoms with E-state index in [1.807, 2.05) is 43.3 Å². The molecule has 2 aromatic rings. The molecule has 2 heteroatoms. The van der Waals surface area contributed by atoms with Crippen molar-refractivity contribution in [1.82, 2.24) is 4.98 Å². The van der Waals surface area contributed by atoms with Crippen molar-refractivity contribution in [3.8, 4) is 0 Å². The number of carbonyl (C=O) groups is 1. The normalized spacial score (nSPS) is 9.93. The Kier molecular flexibility index (Phi) is 2.59. The maximum atomic E-state index is 12.0. The molecule has 1 aromatic heterocycles. The largest absolute Gasteiger partial charge is 0.289 e. The van der Waals surface area contributed by atoms with Crippen molar-refractivity contribution >= 4 is 5.78 Å². The summed E-state index contributed by atoms with van der Waals surface area (Å²) < 4.78 is 0. The summed E-state index contributed by atoms with van der Waals surface area (Å²) in [6.07, 6.45) is 3.31. The maximum Gasteiger partial charge on any atom is 0.194 e. The second-order valence-electron chi connectivity index (χ2n) is 3.39. The molecule has 0 bridgehead atoms. The third kappa shape index (κ3) is 1.94. The molecule has 2 nitrogen and oxygen atoms in total.